The van der Waals surface area contributed by atoms with Gasteiger partial charge in [-0.1, -0.05) is 35.7 Å². The van der Waals surface area contributed by atoms with Gasteiger partial charge < -0.3 is 4.52 Å². The molecule has 120 valence electrons. The van der Waals surface area contributed by atoms with Gasteiger partial charge in [0, 0.05) is 0 Å². The molecular weight excluding hydrogens is 355 g/mol. The maximum absolute atomic E-state index is 12.7. The highest BCUT2D eigenvalue weighted by Crippen LogP contribution is 2.64. The van der Waals surface area contributed by atoms with Gasteiger partial charge >= 0.3 is 6.18 Å². The first-order valence-corrected chi connectivity index (χ1v) is 13.5. The molecule has 8 heteroatoms. The predicted molar refractivity (Wildman–Crippen MR) is 92.1 cm³/mol. The summed E-state index contributed by atoms with van der Waals surface area (Å²) in [4.78, 5) is 0. The van der Waals surface area contributed by atoms with Crippen LogP contribution in [0.3, 0.4) is 0 Å². The molecule has 1 nitrogen and oxygen atoms in total. The fraction of sp³-hybridized carbons (Fsp3) is 0.538. The first-order chi connectivity index (χ1) is 9.17. The molecule has 1 rings (SSSR count). The van der Waals surface area contributed by atoms with Crippen LogP contribution >= 0.6 is 12.3 Å². The van der Waals surface area contributed by atoms with Gasteiger partial charge in [0.2, 0.25) is 0 Å². The molecule has 0 amide bonds. The minimum absolute atomic E-state index is 0.654. The van der Waals surface area contributed by atoms with E-state index >= 15 is 0 Å². The van der Waals surface area contributed by atoms with Crippen LogP contribution in [0.25, 0.3) is 0 Å². The Kier molecular flexibility index (Phi) is 5.57. The van der Waals surface area contributed by atoms with Crippen LogP contribution in [0, 0.1) is 0 Å². The van der Waals surface area contributed by atoms with Gasteiger partial charge in [-0.25, -0.2) is 0 Å². The van der Waals surface area contributed by atoms with Crippen molar-refractivity contribution in [2.45, 2.75) is 18.4 Å². The van der Waals surface area contributed by atoms with Crippen LogP contribution in [0.4, 0.5) is 13.2 Å². The van der Waals surface area contributed by atoms with Gasteiger partial charge in [0.25, 0.3) is 0 Å². The first-order valence-electron chi connectivity index (χ1n) is 6.15. The maximum Gasteiger partial charge on any atom is 0.416 e. The van der Waals surface area contributed by atoms with Crippen molar-refractivity contribution >= 4 is 35.9 Å². The lowest BCUT2D eigenvalue weighted by molar-refractivity contribution is -0.137. The van der Waals surface area contributed by atoms with Crippen LogP contribution in [0.15, 0.2) is 24.3 Å². The second kappa shape index (κ2) is 6.05. The van der Waals surface area contributed by atoms with Crippen LogP contribution in [-0.4, -0.2) is 26.7 Å². The van der Waals surface area contributed by atoms with Gasteiger partial charge in [0.1, 0.15) is 5.34 Å². The van der Waals surface area contributed by atoms with Crippen LogP contribution in [0.5, 0.6) is 0 Å². The number of halogens is 3. The van der Waals surface area contributed by atoms with Crippen LogP contribution in [-0.2, 0) is 39.7 Å². The SMILES string of the molecule is CC(OP(C)(C)=S)(c1ccc(C(F)(F)F)cc1)P(C)(C)=S. The van der Waals surface area contributed by atoms with Crippen molar-refractivity contribution in [2.24, 2.45) is 0 Å². The molecule has 0 N–H and O–H groups in total. The zero-order valence-corrected chi connectivity index (χ0v) is 16.0. The largest absolute Gasteiger partial charge is 0.416 e. The number of alkyl halides is 3. The van der Waals surface area contributed by atoms with Crippen molar-refractivity contribution in [1.29, 1.82) is 0 Å². The molecule has 1 aromatic rings. The highest BCUT2D eigenvalue weighted by atomic mass is 32.4. The van der Waals surface area contributed by atoms with E-state index < -0.39 is 29.4 Å². The third-order valence-electron chi connectivity index (χ3n) is 3.17. The average Bonchev–Trinajstić information content (AvgIpc) is 2.24. The normalized spacial score (nSPS) is 16.6. The quantitative estimate of drug-likeness (QED) is 0.663. The summed E-state index contributed by atoms with van der Waals surface area (Å²) in [6.45, 7) is 9.37. The number of benzene rings is 1. The van der Waals surface area contributed by atoms with Gasteiger partial charge in [0.15, 0.2) is 0 Å². The number of hydrogen-bond acceptors (Lipinski definition) is 3. The van der Waals surface area contributed by atoms with E-state index in [1.165, 1.54) is 12.1 Å². The van der Waals surface area contributed by atoms with E-state index in [4.69, 9.17) is 28.1 Å². The molecule has 21 heavy (non-hydrogen) atoms. The molecule has 1 aromatic carbocycles. The number of rotatable bonds is 4. The van der Waals surface area contributed by atoms with E-state index in [0.29, 0.717) is 5.56 Å². The van der Waals surface area contributed by atoms with E-state index in [2.05, 4.69) is 0 Å². The molecule has 0 saturated heterocycles. The first kappa shape index (κ1) is 19.3. The summed E-state index contributed by atoms with van der Waals surface area (Å²) in [7, 11) is 0. The molecule has 0 aliphatic rings. The second-order valence-electron chi connectivity index (χ2n) is 5.75. The zero-order chi connectivity index (χ0) is 16.7. The monoisotopic (exact) mass is 374 g/mol. The molecule has 0 aromatic heterocycles. The molecular formula is C13H19F3OP2S2. The Hall–Kier alpha value is 0.270. The molecule has 0 spiro atoms. The molecule has 0 saturated carbocycles. The third-order valence-corrected chi connectivity index (χ3v) is 7.80. The van der Waals surface area contributed by atoms with Crippen molar-refractivity contribution in [3.63, 3.8) is 0 Å². The second-order valence-corrected chi connectivity index (χ2v) is 17.4. The fourth-order valence-electron chi connectivity index (χ4n) is 1.86. The lowest BCUT2D eigenvalue weighted by Crippen LogP contribution is -2.24. The summed E-state index contributed by atoms with van der Waals surface area (Å²) >= 11 is 11.0. The van der Waals surface area contributed by atoms with Crippen LogP contribution in [0.1, 0.15) is 18.1 Å². The Balaban J connectivity index is 3.36. The van der Waals surface area contributed by atoms with Gasteiger partial charge in [-0.3, -0.25) is 0 Å². The Labute approximate surface area is 134 Å². The molecule has 1 unspecified atom stereocenters. The Bertz CT molecular complexity index is 601. The minimum Gasteiger partial charge on any atom is -0.335 e. The highest BCUT2D eigenvalue weighted by molar-refractivity contribution is 8.15. The highest BCUT2D eigenvalue weighted by Gasteiger charge is 2.39. The predicted octanol–water partition coefficient (Wildman–Crippen LogP) is 5.29. The van der Waals surface area contributed by atoms with Crippen molar-refractivity contribution in [2.75, 3.05) is 26.7 Å². The Morgan fingerprint density at radius 2 is 1.29 bits per heavy atom. The Morgan fingerprint density at radius 1 is 0.905 bits per heavy atom. The summed E-state index contributed by atoms with van der Waals surface area (Å²) in [5, 5.41) is -0.814. The lowest BCUT2D eigenvalue weighted by Gasteiger charge is -2.39. The van der Waals surface area contributed by atoms with Gasteiger partial charge in [-0.05, 0) is 57.3 Å². The maximum atomic E-state index is 12.7. The number of hydrogen-bond donors (Lipinski definition) is 0. The van der Waals surface area contributed by atoms with Crippen molar-refractivity contribution < 1.29 is 17.7 Å². The molecule has 0 bridgehead atoms. The van der Waals surface area contributed by atoms with Crippen molar-refractivity contribution in [3.05, 3.63) is 35.4 Å². The smallest absolute Gasteiger partial charge is 0.335 e. The average molecular weight is 374 g/mol. The summed E-state index contributed by atoms with van der Waals surface area (Å²) in [6, 6.07) is 3.05. The lowest BCUT2D eigenvalue weighted by atomic mass is 10.1. The summed E-state index contributed by atoms with van der Waals surface area (Å²) in [5.41, 5.74) is -0.0247. The van der Waals surface area contributed by atoms with E-state index in [-0.39, 0.29) is 0 Å². The van der Waals surface area contributed by atoms with Crippen molar-refractivity contribution in [1.82, 2.24) is 0 Å². The minimum atomic E-state index is -4.35. The van der Waals surface area contributed by atoms with Gasteiger partial charge in [0.05, 0.1) is 11.8 Å². The van der Waals surface area contributed by atoms with E-state index in [1.54, 1.807) is 0 Å². The molecule has 0 aliphatic heterocycles. The molecule has 0 aliphatic carbocycles. The fourth-order valence-corrected chi connectivity index (χ4v) is 6.22. The van der Waals surface area contributed by atoms with E-state index in [0.717, 1.165) is 12.1 Å². The van der Waals surface area contributed by atoms with Crippen LogP contribution in [0.2, 0.25) is 0 Å². The van der Waals surface area contributed by atoms with E-state index in [9.17, 15) is 13.2 Å². The van der Waals surface area contributed by atoms with Crippen LogP contribution < -0.4 is 0 Å². The van der Waals surface area contributed by atoms with Gasteiger partial charge in [-0.2, -0.15) is 13.2 Å². The molecule has 1 atom stereocenters. The Morgan fingerprint density at radius 3 is 1.57 bits per heavy atom. The summed E-state index contributed by atoms with van der Waals surface area (Å²) in [6.07, 6.45) is -6.37. The summed E-state index contributed by atoms with van der Waals surface area (Å²) in [5.74, 6) is 0. The standard InChI is InChI=1S/C13H19F3OP2S2/c1-12(18(2,3)20,17-19(4,5)21)10-6-8-11(9-7-10)13(14,15)16/h6-9H,1-5H3. The van der Waals surface area contributed by atoms with Crippen molar-refractivity contribution in [3.8, 4) is 0 Å². The molecule has 0 radical (unpaired) electrons. The topological polar surface area (TPSA) is 9.23 Å². The molecule has 0 heterocycles. The summed E-state index contributed by atoms with van der Waals surface area (Å²) < 4.78 is 44.1. The van der Waals surface area contributed by atoms with Gasteiger partial charge in [-0.15, -0.1) is 0 Å². The third kappa shape index (κ3) is 4.87. The van der Waals surface area contributed by atoms with E-state index in [1.807, 2.05) is 33.6 Å². The molecule has 0 fully saturated rings. The zero-order valence-electron chi connectivity index (χ0n) is 12.6.